The highest BCUT2D eigenvalue weighted by atomic mass is 16.1. The van der Waals surface area contributed by atoms with Crippen molar-refractivity contribution in [2.75, 3.05) is 6.54 Å². The first-order valence-corrected chi connectivity index (χ1v) is 7.29. The molecule has 23 heavy (non-hydrogen) atoms. The zero-order chi connectivity index (χ0) is 15.9. The van der Waals surface area contributed by atoms with E-state index in [1.807, 2.05) is 22.9 Å². The molecule has 0 aliphatic rings. The first-order chi connectivity index (χ1) is 11.3. The van der Waals surface area contributed by atoms with Crippen molar-refractivity contribution in [3.05, 3.63) is 61.2 Å². The quantitative estimate of drug-likeness (QED) is 0.698. The van der Waals surface area contributed by atoms with E-state index in [9.17, 15) is 4.79 Å². The molecule has 0 spiro atoms. The molecule has 0 aliphatic heterocycles. The minimum absolute atomic E-state index is 0.170. The third-order valence-corrected chi connectivity index (χ3v) is 3.29. The first kappa shape index (κ1) is 14.8. The highest BCUT2D eigenvalue weighted by Gasteiger charge is 2.07. The SMILES string of the molecule is O=C(NCCCn1ccnc1)c1cnc(-c2ccncc2)nc1. The van der Waals surface area contributed by atoms with Gasteiger partial charge < -0.3 is 9.88 Å². The Hall–Kier alpha value is -3.09. The summed E-state index contributed by atoms with van der Waals surface area (Å²) in [6.07, 6.45) is 12.7. The Morgan fingerprint density at radius 3 is 2.57 bits per heavy atom. The maximum absolute atomic E-state index is 12.0. The summed E-state index contributed by atoms with van der Waals surface area (Å²) in [7, 11) is 0. The second-order valence-corrected chi connectivity index (χ2v) is 4.94. The van der Waals surface area contributed by atoms with Crippen molar-refractivity contribution < 1.29 is 4.79 Å². The van der Waals surface area contributed by atoms with Gasteiger partial charge in [-0.2, -0.15) is 0 Å². The smallest absolute Gasteiger partial charge is 0.254 e. The van der Waals surface area contributed by atoms with Gasteiger partial charge in [-0.25, -0.2) is 15.0 Å². The minimum atomic E-state index is -0.170. The number of rotatable bonds is 6. The second-order valence-electron chi connectivity index (χ2n) is 4.94. The van der Waals surface area contributed by atoms with E-state index in [1.54, 1.807) is 24.9 Å². The molecular formula is C16H16N6O. The lowest BCUT2D eigenvalue weighted by Crippen LogP contribution is -2.25. The fraction of sp³-hybridized carbons (Fsp3) is 0.188. The molecule has 0 aliphatic carbocycles. The topological polar surface area (TPSA) is 85.6 Å². The Morgan fingerprint density at radius 2 is 1.87 bits per heavy atom. The lowest BCUT2D eigenvalue weighted by atomic mass is 10.2. The van der Waals surface area contributed by atoms with Crippen molar-refractivity contribution in [3.63, 3.8) is 0 Å². The monoisotopic (exact) mass is 308 g/mol. The van der Waals surface area contributed by atoms with Crippen LogP contribution in [0, 0.1) is 0 Å². The minimum Gasteiger partial charge on any atom is -0.352 e. The Balaban J connectivity index is 1.51. The number of hydrogen-bond donors (Lipinski definition) is 1. The van der Waals surface area contributed by atoms with Crippen molar-refractivity contribution in [2.45, 2.75) is 13.0 Å². The molecule has 0 bridgehead atoms. The van der Waals surface area contributed by atoms with Crippen LogP contribution < -0.4 is 5.32 Å². The standard InChI is InChI=1S/C16H16N6O/c23-16(19-4-1-8-22-9-7-18-12-22)14-10-20-15(21-11-14)13-2-5-17-6-3-13/h2-3,5-7,9-12H,1,4,8H2,(H,19,23). The molecule has 0 saturated carbocycles. The van der Waals surface area contributed by atoms with Crippen LogP contribution in [0.2, 0.25) is 0 Å². The van der Waals surface area contributed by atoms with Crippen molar-refractivity contribution in [3.8, 4) is 11.4 Å². The molecule has 0 radical (unpaired) electrons. The molecule has 1 N–H and O–H groups in total. The molecule has 3 rings (SSSR count). The van der Waals surface area contributed by atoms with E-state index in [0.29, 0.717) is 17.9 Å². The van der Waals surface area contributed by atoms with Gasteiger partial charge in [-0.3, -0.25) is 9.78 Å². The van der Waals surface area contributed by atoms with Gasteiger partial charge in [0.1, 0.15) is 0 Å². The summed E-state index contributed by atoms with van der Waals surface area (Å²) < 4.78 is 1.97. The second kappa shape index (κ2) is 7.26. The molecule has 3 aromatic heterocycles. The fourth-order valence-corrected chi connectivity index (χ4v) is 2.08. The number of carbonyl (C=O) groups is 1. The Labute approximate surface area is 133 Å². The van der Waals surface area contributed by atoms with Crippen molar-refractivity contribution in [1.82, 2.24) is 29.8 Å². The predicted octanol–water partition coefficient (Wildman–Crippen LogP) is 1.56. The number of aryl methyl sites for hydroxylation is 1. The van der Waals surface area contributed by atoms with Crippen molar-refractivity contribution >= 4 is 5.91 Å². The summed E-state index contributed by atoms with van der Waals surface area (Å²) in [5, 5.41) is 2.86. The summed E-state index contributed by atoms with van der Waals surface area (Å²) in [6.45, 7) is 1.40. The number of carbonyl (C=O) groups excluding carboxylic acids is 1. The third kappa shape index (κ3) is 3.97. The van der Waals surface area contributed by atoms with Crippen LogP contribution in [0.15, 0.2) is 55.6 Å². The molecule has 1 amide bonds. The molecule has 0 atom stereocenters. The molecule has 0 fully saturated rings. The van der Waals surface area contributed by atoms with Crippen LogP contribution in [0.25, 0.3) is 11.4 Å². The molecule has 3 heterocycles. The van der Waals surface area contributed by atoms with E-state index in [2.05, 4.69) is 25.3 Å². The van der Waals surface area contributed by atoms with Crippen LogP contribution in [0.4, 0.5) is 0 Å². The highest BCUT2D eigenvalue weighted by molar-refractivity contribution is 5.93. The number of nitrogens with zero attached hydrogens (tertiary/aromatic N) is 5. The number of pyridine rings is 1. The van der Waals surface area contributed by atoms with Gasteiger partial charge >= 0.3 is 0 Å². The van der Waals surface area contributed by atoms with E-state index in [4.69, 9.17) is 0 Å². The summed E-state index contributed by atoms with van der Waals surface area (Å²) in [4.78, 5) is 28.4. The molecular weight excluding hydrogens is 292 g/mol. The number of nitrogens with one attached hydrogen (secondary N) is 1. The summed E-state index contributed by atoms with van der Waals surface area (Å²) in [5.74, 6) is 0.404. The van der Waals surface area contributed by atoms with Crippen LogP contribution in [-0.2, 0) is 6.54 Å². The number of aromatic nitrogens is 5. The summed E-state index contributed by atoms with van der Waals surface area (Å²) in [6, 6.07) is 3.65. The molecule has 116 valence electrons. The van der Waals surface area contributed by atoms with Gasteiger partial charge in [0.15, 0.2) is 5.82 Å². The van der Waals surface area contributed by atoms with Crippen LogP contribution in [0.1, 0.15) is 16.8 Å². The van der Waals surface area contributed by atoms with E-state index in [1.165, 1.54) is 12.4 Å². The maximum atomic E-state index is 12.0. The Kier molecular flexibility index (Phi) is 4.68. The zero-order valence-electron chi connectivity index (χ0n) is 12.5. The van der Waals surface area contributed by atoms with Crippen LogP contribution >= 0.6 is 0 Å². The normalized spacial score (nSPS) is 10.4. The van der Waals surface area contributed by atoms with Crippen LogP contribution in [-0.4, -0.2) is 37.0 Å². The molecule has 0 aromatic carbocycles. The molecule has 0 saturated heterocycles. The zero-order valence-corrected chi connectivity index (χ0v) is 12.5. The molecule has 3 aromatic rings. The molecule has 7 heteroatoms. The van der Waals surface area contributed by atoms with Gasteiger partial charge in [-0.1, -0.05) is 0 Å². The number of imidazole rings is 1. The molecule has 0 unspecified atom stereocenters. The Morgan fingerprint density at radius 1 is 1.09 bits per heavy atom. The maximum Gasteiger partial charge on any atom is 0.254 e. The fourth-order valence-electron chi connectivity index (χ4n) is 2.08. The predicted molar refractivity (Wildman–Crippen MR) is 84.4 cm³/mol. The van der Waals surface area contributed by atoms with Gasteiger partial charge in [0, 0.05) is 55.8 Å². The van der Waals surface area contributed by atoms with Gasteiger partial charge in [-0.05, 0) is 18.6 Å². The average molecular weight is 308 g/mol. The lowest BCUT2D eigenvalue weighted by molar-refractivity contribution is 0.0952. The van der Waals surface area contributed by atoms with Crippen molar-refractivity contribution in [1.29, 1.82) is 0 Å². The van der Waals surface area contributed by atoms with Gasteiger partial charge in [0.25, 0.3) is 5.91 Å². The van der Waals surface area contributed by atoms with E-state index < -0.39 is 0 Å². The lowest BCUT2D eigenvalue weighted by Gasteiger charge is -2.06. The van der Waals surface area contributed by atoms with Gasteiger partial charge in [0.05, 0.1) is 11.9 Å². The number of hydrogen-bond acceptors (Lipinski definition) is 5. The van der Waals surface area contributed by atoms with E-state index in [-0.39, 0.29) is 5.91 Å². The summed E-state index contributed by atoms with van der Waals surface area (Å²) in [5.41, 5.74) is 1.32. The first-order valence-electron chi connectivity index (χ1n) is 7.29. The van der Waals surface area contributed by atoms with Crippen molar-refractivity contribution in [2.24, 2.45) is 0 Å². The highest BCUT2D eigenvalue weighted by Crippen LogP contribution is 2.12. The van der Waals surface area contributed by atoms with Crippen LogP contribution in [0.5, 0.6) is 0 Å². The largest absolute Gasteiger partial charge is 0.352 e. The van der Waals surface area contributed by atoms with Gasteiger partial charge in [0.2, 0.25) is 0 Å². The van der Waals surface area contributed by atoms with Crippen LogP contribution in [0.3, 0.4) is 0 Å². The summed E-state index contributed by atoms with van der Waals surface area (Å²) >= 11 is 0. The Bertz CT molecular complexity index is 740. The average Bonchev–Trinajstić information content (AvgIpc) is 3.13. The van der Waals surface area contributed by atoms with E-state index in [0.717, 1.165) is 18.5 Å². The van der Waals surface area contributed by atoms with Gasteiger partial charge in [-0.15, -0.1) is 0 Å². The number of amides is 1. The third-order valence-electron chi connectivity index (χ3n) is 3.29. The molecule has 7 nitrogen and oxygen atoms in total. The van der Waals surface area contributed by atoms with E-state index >= 15 is 0 Å².